The predicted molar refractivity (Wildman–Crippen MR) is 298 cm³/mol. The topological polar surface area (TPSA) is 78.9 Å². The molecule has 6 heteroatoms. The molecule has 398 valence electrons. The summed E-state index contributed by atoms with van der Waals surface area (Å²) in [6.45, 7) is 6.56. The number of carbonyl (C=O) groups is 3. The zero-order chi connectivity index (χ0) is 50.0. The maximum Gasteiger partial charge on any atom is 0.306 e. The smallest absolute Gasteiger partial charge is 0.306 e. The summed E-state index contributed by atoms with van der Waals surface area (Å²) in [5.41, 5.74) is 0. The Morgan fingerprint density at radius 1 is 0.290 bits per heavy atom. The molecule has 0 aliphatic rings. The zero-order valence-corrected chi connectivity index (χ0v) is 45.6. The highest BCUT2D eigenvalue weighted by molar-refractivity contribution is 5.71. The van der Waals surface area contributed by atoms with Crippen LogP contribution < -0.4 is 0 Å². The van der Waals surface area contributed by atoms with E-state index >= 15 is 0 Å². The zero-order valence-electron chi connectivity index (χ0n) is 45.6. The molecule has 0 rings (SSSR count). The second-order valence-electron chi connectivity index (χ2n) is 19.5. The van der Waals surface area contributed by atoms with Gasteiger partial charge in [-0.05, 0) is 109 Å². The highest BCUT2D eigenvalue weighted by atomic mass is 16.6. The number of allylic oxidation sites excluding steroid dienone is 12. The van der Waals surface area contributed by atoms with Gasteiger partial charge in [0.25, 0.3) is 0 Å². The Hall–Kier alpha value is -3.15. The van der Waals surface area contributed by atoms with Crippen LogP contribution in [0.1, 0.15) is 290 Å². The number of carbonyl (C=O) groups excluding carboxylic acids is 3. The van der Waals surface area contributed by atoms with Crippen LogP contribution in [0.2, 0.25) is 0 Å². The quantitative estimate of drug-likeness (QED) is 0.0262. The van der Waals surface area contributed by atoms with Gasteiger partial charge in [-0.1, -0.05) is 235 Å². The maximum atomic E-state index is 12.8. The minimum Gasteiger partial charge on any atom is -0.462 e. The molecule has 0 N–H and O–H groups in total. The summed E-state index contributed by atoms with van der Waals surface area (Å²) in [4.78, 5) is 38.1. The molecule has 0 aliphatic carbocycles. The van der Waals surface area contributed by atoms with E-state index in [2.05, 4.69) is 93.7 Å². The number of hydrogen-bond donors (Lipinski definition) is 0. The van der Waals surface area contributed by atoms with Crippen LogP contribution in [0.3, 0.4) is 0 Å². The lowest BCUT2D eigenvalue weighted by molar-refractivity contribution is -0.167. The average molecular weight is 964 g/mol. The average Bonchev–Trinajstić information content (AvgIpc) is 3.35. The number of ether oxygens (including phenoxy) is 3. The monoisotopic (exact) mass is 963 g/mol. The van der Waals surface area contributed by atoms with E-state index in [9.17, 15) is 14.4 Å². The summed E-state index contributed by atoms with van der Waals surface area (Å²) in [6.07, 6.45) is 73.2. The van der Waals surface area contributed by atoms with E-state index in [0.717, 1.165) is 103 Å². The molecule has 0 spiro atoms. The van der Waals surface area contributed by atoms with Gasteiger partial charge >= 0.3 is 17.9 Å². The van der Waals surface area contributed by atoms with Crippen molar-refractivity contribution in [3.05, 3.63) is 72.9 Å². The summed E-state index contributed by atoms with van der Waals surface area (Å²) in [5, 5.41) is 0. The van der Waals surface area contributed by atoms with E-state index in [1.54, 1.807) is 0 Å². The van der Waals surface area contributed by atoms with Crippen molar-refractivity contribution in [3.8, 4) is 0 Å². The molecular formula is C63H110O6. The molecular weight excluding hydrogens is 853 g/mol. The van der Waals surface area contributed by atoms with Gasteiger partial charge in [-0.3, -0.25) is 14.4 Å². The van der Waals surface area contributed by atoms with Crippen LogP contribution >= 0.6 is 0 Å². The van der Waals surface area contributed by atoms with Crippen molar-refractivity contribution in [2.24, 2.45) is 0 Å². The van der Waals surface area contributed by atoms with Crippen molar-refractivity contribution in [1.29, 1.82) is 0 Å². The summed E-state index contributed by atoms with van der Waals surface area (Å²) in [5.74, 6) is -0.906. The van der Waals surface area contributed by atoms with E-state index in [-0.39, 0.29) is 31.1 Å². The van der Waals surface area contributed by atoms with Gasteiger partial charge in [0, 0.05) is 19.3 Å². The Balaban J connectivity index is 4.29. The first-order valence-electron chi connectivity index (χ1n) is 29.4. The van der Waals surface area contributed by atoms with Crippen molar-refractivity contribution in [3.63, 3.8) is 0 Å². The highest BCUT2D eigenvalue weighted by Gasteiger charge is 2.19. The van der Waals surface area contributed by atoms with Crippen LogP contribution in [0.4, 0.5) is 0 Å². The van der Waals surface area contributed by atoms with Gasteiger partial charge in [-0.15, -0.1) is 0 Å². The Morgan fingerprint density at radius 2 is 0.536 bits per heavy atom. The maximum absolute atomic E-state index is 12.8. The van der Waals surface area contributed by atoms with Crippen LogP contribution in [0.15, 0.2) is 72.9 Å². The molecule has 0 saturated carbocycles. The van der Waals surface area contributed by atoms with Gasteiger partial charge in [0.05, 0.1) is 0 Å². The largest absolute Gasteiger partial charge is 0.462 e. The first kappa shape index (κ1) is 65.8. The molecule has 1 unspecified atom stereocenters. The SMILES string of the molecule is CCCC/C=C\C/C=C\CCCCCCCC(=O)OC(COC(=O)CCCCCCC/C=C\CCCCC)COC(=O)CCCCCCCCCCCC/C=C\C/C=C\C/C=C\CCCCCCC. The molecule has 0 fully saturated rings. The predicted octanol–water partition coefficient (Wildman–Crippen LogP) is 19.8. The van der Waals surface area contributed by atoms with Gasteiger partial charge in [-0.2, -0.15) is 0 Å². The number of rotatable bonds is 53. The minimum absolute atomic E-state index is 0.0853. The molecule has 6 nitrogen and oxygen atoms in total. The lowest BCUT2D eigenvalue weighted by Crippen LogP contribution is -2.30. The summed E-state index contributed by atoms with van der Waals surface area (Å²) >= 11 is 0. The van der Waals surface area contributed by atoms with Crippen LogP contribution in [0.5, 0.6) is 0 Å². The molecule has 1 atom stereocenters. The van der Waals surface area contributed by atoms with Crippen LogP contribution in [0, 0.1) is 0 Å². The third kappa shape index (κ3) is 55.6. The normalized spacial score (nSPS) is 12.6. The van der Waals surface area contributed by atoms with Crippen LogP contribution in [0.25, 0.3) is 0 Å². The van der Waals surface area contributed by atoms with Crippen molar-refractivity contribution in [2.75, 3.05) is 13.2 Å². The van der Waals surface area contributed by atoms with Gasteiger partial charge in [-0.25, -0.2) is 0 Å². The first-order chi connectivity index (χ1) is 34.0. The van der Waals surface area contributed by atoms with Crippen molar-refractivity contribution >= 4 is 17.9 Å². The number of hydrogen-bond acceptors (Lipinski definition) is 6. The lowest BCUT2D eigenvalue weighted by Gasteiger charge is -2.18. The number of esters is 3. The van der Waals surface area contributed by atoms with Crippen molar-refractivity contribution in [1.82, 2.24) is 0 Å². The number of unbranched alkanes of at least 4 members (excludes halogenated alkanes) is 30. The van der Waals surface area contributed by atoms with E-state index in [4.69, 9.17) is 14.2 Å². The second kappa shape index (κ2) is 57.4. The van der Waals surface area contributed by atoms with Gasteiger partial charge in [0.15, 0.2) is 6.10 Å². The second-order valence-corrected chi connectivity index (χ2v) is 19.5. The third-order valence-corrected chi connectivity index (χ3v) is 12.7. The van der Waals surface area contributed by atoms with E-state index < -0.39 is 6.10 Å². The highest BCUT2D eigenvalue weighted by Crippen LogP contribution is 2.15. The summed E-state index contributed by atoms with van der Waals surface area (Å²) < 4.78 is 16.8. The fourth-order valence-electron chi connectivity index (χ4n) is 8.17. The Labute approximate surface area is 427 Å². The van der Waals surface area contributed by atoms with Gasteiger partial charge in [0.2, 0.25) is 0 Å². The molecule has 69 heavy (non-hydrogen) atoms. The molecule has 0 aromatic heterocycles. The molecule has 0 amide bonds. The standard InChI is InChI=1S/C63H110O6/c1-4-7-10-13-16-19-22-25-27-28-29-30-31-32-33-34-35-36-37-39-41-44-47-50-53-56-62(65)68-59-60(58-67-61(64)55-52-49-46-43-40-24-21-18-15-12-9-6-3)69-63(66)57-54-51-48-45-42-38-26-23-20-17-14-11-8-5-2/h14,17-18,21-23,25-26,28-29,31-32,60H,4-13,15-16,19-20,24,27,30,33-59H2,1-3H3/b17-14-,21-18-,25-22-,26-23-,29-28-,32-31-. The van der Waals surface area contributed by atoms with Crippen molar-refractivity contribution in [2.45, 2.75) is 297 Å². The minimum atomic E-state index is -0.787. The molecule has 0 aromatic rings. The summed E-state index contributed by atoms with van der Waals surface area (Å²) in [7, 11) is 0. The molecule has 0 aliphatic heterocycles. The van der Waals surface area contributed by atoms with Crippen LogP contribution in [-0.4, -0.2) is 37.2 Å². The molecule has 0 bridgehead atoms. The Bertz CT molecular complexity index is 1290. The van der Waals surface area contributed by atoms with Gasteiger partial charge < -0.3 is 14.2 Å². The Morgan fingerprint density at radius 3 is 0.899 bits per heavy atom. The van der Waals surface area contributed by atoms with Crippen LogP contribution in [-0.2, 0) is 28.6 Å². The molecule has 0 saturated heterocycles. The van der Waals surface area contributed by atoms with E-state index in [0.29, 0.717) is 19.3 Å². The van der Waals surface area contributed by atoms with Crippen molar-refractivity contribution < 1.29 is 28.6 Å². The fraction of sp³-hybridized carbons (Fsp3) is 0.762. The third-order valence-electron chi connectivity index (χ3n) is 12.7. The molecule has 0 heterocycles. The van der Waals surface area contributed by atoms with E-state index in [1.807, 2.05) is 0 Å². The molecule has 0 radical (unpaired) electrons. The fourth-order valence-corrected chi connectivity index (χ4v) is 8.17. The molecule has 0 aromatic carbocycles. The lowest BCUT2D eigenvalue weighted by atomic mass is 10.1. The Kier molecular flexibility index (Phi) is 54.8. The summed E-state index contributed by atoms with van der Waals surface area (Å²) in [6, 6.07) is 0. The van der Waals surface area contributed by atoms with E-state index in [1.165, 1.54) is 148 Å². The van der Waals surface area contributed by atoms with Gasteiger partial charge in [0.1, 0.15) is 13.2 Å². The first-order valence-corrected chi connectivity index (χ1v) is 29.4.